The molecule has 106 valence electrons. The third kappa shape index (κ3) is 3.48. The number of nitrogens with zero attached hydrogens (tertiary/aromatic N) is 1. The van der Waals surface area contributed by atoms with Crippen LogP contribution in [0.25, 0.3) is 0 Å². The van der Waals surface area contributed by atoms with E-state index in [0.717, 1.165) is 23.4 Å². The largest absolute Gasteiger partial charge is 0.496 e. The van der Waals surface area contributed by atoms with E-state index in [0.29, 0.717) is 12.2 Å². The lowest BCUT2D eigenvalue weighted by atomic mass is 10.1. The van der Waals surface area contributed by atoms with E-state index in [1.165, 1.54) is 12.1 Å². The van der Waals surface area contributed by atoms with Crippen molar-refractivity contribution in [2.45, 2.75) is 13.1 Å². The van der Waals surface area contributed by atoms with Gasteiger partial charge in [0.2, 0.25) is 0 Å². The van der Waals surface area contributed by atoms with Crippen molar-refractivity contribution in [3.63, 3.8) is 0 Å². The van der Waals surface area contributed by atoms with E-state index in [1.807, 2.05) is 31.3 Å². The summed E-state index contributed by atoms with van der Waals surface area (Å²) in [6.07, 6.45) is 0. The molecular formula is C16H19FN2O. The second-order valence-corrected chi connectivity index (χ2v) is 4.83. The van der Waals surface area contributed by atoms with Crippen LogP contribution in [-0.4, -0.2) is 19.1 Å². The number of halogens is 1. The molecule has 2 rings (SSSR count). The molecule has 2 N–H and O–H groups in total. The molecule has 0 aliphatic rings. The number of anilines is 1. The van der Waals surface area contributed by atoms with Crippen LogP contribution in [0, 0.1) is 5.82 Å². The van der Waals surface area contributed by atoms with Crippen LogP contribution in [0.2, 0.25) is 0 Å². The molecule has 4 heteroatoms. The Bertz CT molecular complexity index is 586. The van der Waals surface area contributed by atoms with Gasteiger partial charge in [0.1, 0.15) is 11.6 Å². The Labute approximate surface area is 118 Å². The highest BCUT2D eigenvalue weighted by Crippen LogP contribution is 2.21. The molecule has 0 bridgehead atoms. The summed E-state index contributed by atoms with van der Waals surface area (Å²) in [5.74, 6) is 0.560. The highest BCUT2D eigenvalue weighted by molar-refractivity contribution is 5.46. The molecule has 0 fully saturated rings. The average Bonchev–Trinajstić information content (AvgIpc) is 2.42. The smallest absolute Gasteiger partial charge is 0.125 e. The fourth-order valence-electron chi connectivity index (χ4n) is 2.18. The maximum absolute atomic E-state index is 13.0. The van der Waals surface area contributed by atoms with E-state index in [-0.39, 0.29) is 5.82 Å². The lowest BCUT2D eigenvalue weighted by Gasteiger charge is -2.19. The Kier molecular flexibility index (Phi) is 4.58. The summed E-state index contributed by atoms with van der Waals surface area (Å²) in [6.45, 7) is 1.39. The van der Waals surface area contributed by atoms with Gasteiger partial charge in [0.15, 0.2) is 0 Å². The summed E-state index contributed by atoms with van der Waals surface area (Å²) >= 11 is 0. The zero-order valence-corrected chi connectivity index (χ0v) is 11.8. The Balaban J connectivity index is 2.07. The fraction of sp³-hybridized carbons (Fsp3) is 0.250. The second-order valence-electron chi connectivity index (χ2n) is 4.83. The predicted octanol–water partition coefficient (Wildman–Crippen LogP) is 3.05. The number of nitrogens with two attached hydrogens (primary N) is 1. The van der Waals surface area contributed by atoms with Crippen LogP contribution in [0.1, 0.15) is 11.1 Å². The fourth-order valence-corrected chi connectivity index (χ4v) is 2.18. The van der Waals surface area contributed by atoms with Crippen LogP contribution in [-0.2, 0) is 13.1 Å². The first-order valence-electron chi connectivity index (χ1n) is 6.44. The normalized spacial score (nSPS) is 10.8. The van der Waals surface area contributed by atoms with Gasteiger partial charge in [0.25, 0.3) is 0 Å². The van der Waals surface area contributed by atoms with Gasteiger partial charge in [-0.3, -0.25) is 4.90 Å². The van der Waals surface area contributed by atoms with Crippen LogP contribution in [0.3, 0.4) is 0 Å². The van der Waals surface area contributed by atoms with Crippen LogP contribution in [0.5, 0.6) is 5.75 Å². The van der Waals surface area contributed by atoms with Gasteiger partial charge in [-0.15, -0.1) is 0 Å². The van der Waals surface area contributed by atoms with Gasteiger partial charge >= 0.3 is 0 Å². The first-order valence-corrected chi connectivity index (χ1v) is 6.44. The first kappa shape index (κ1) is 14.3. The number of benzene rings is 2. The minimum atomic E-state index is -0.307. The minimum Gasteiger partial charge on any atom is -0.496 e. The summed E-state index contributed by atoms with van der Waals surface area (Å²) in [7, 11) is 3.66. The SMILES string of the molecule is COc1ccccc1CN(C)Cc1ccc(F)cc1N. The number of hydrogen-bond acceptors (Lipinski definition) is 3. The molecule has 2 aromatic carbocycles. The molecule has 0 radical (unpaired) electrons. The lowest BCUT2D eigenvalue weighted by Crippen LogP contribution is -2.18. The molecule has 0 amide bonds. The highest BCUT2D eigenvalue weighted by atomic mass is 19.1. The third-order valence-electron chi connectivity index (χ3n) is 3.18. The molecule has 0 atom stereocenters. The monoisotopic (exact) mass is 274 g/mol. The molecule has 3 nitrogen and oxygen atoms in total. The Morgan fingerprint density at radius 3 is 2.50 bits per heavy atom. The molecule has 20 heavy (non-hydrogen) atoms. The number of nitrogen functional groups attached to an aromatic ring is 1. The minimum absolute atomic E-state index is 0.307. The van der Waals surface area contributed by atoms with E-state index >= 15 is 0 Å². The third-order valence-corrected chi connectivity index (χ3v) is 3.18. The molecule has 0 aliphatic carbocycles. The van der Waals surface area contributed by atoms with Gasteiger partial charge in [-0.25, -0.2) is 4.39 Å². The maximum Gasteiger partial charge on any atom is 0.125 e. The summed E-state index contributed by atoms with van der Waals surface area (Å²) in [5, 5.41) is 0. The number of para-hydroxylation sites is 1. The Hall–Kier alpha value is -2.07. The molecule has 0 unspecified atom stereocenters. The second kappa shape index (κ2) is 6.39. The molecule has 0 saturated heterocycles. The summed E-state index contributed by atoms with van der Waals surface area (Å²) in [4.78, 5) is 2.11. The topological polar surface area (TPSA) is 38.5 Å². The molecule has 0 aromatic heterocycles. The van der Waals surface area contributed by atoms with Crippen molar-refractivity contribution in [2.75, 3.05) is 19.9 Å². The molecule has 0 heterocycles. The van der Waals surface area contributed by atoms with Crippen LogP contribution in [0.4, 0.5) is 10.1 Å². The van der Waals surface area contributed by atoms with Crippen molar-refractivity contribution in [2.24, 2.45) is 0 Å². The van der Waals surface area contributed by atoms with E-state index < -0.39 is 0 Å². The van der Waals surface area contributed by atoms with E-state index in [2.05, 4.69) is 4.90 Å². The number of ether oxygens (including phenoxy) is 1. The average molecular weight is 274 g/mol. The van der Waals surface area contributed by atoms with Crippen molar-refractivity contribution in [1.82, 2.24) is 4.90 Å². The number of methoxy groups -OCH3 is 1. The van der Waals surface area contributed by atoms with Crippen LogP contribution in [0.15, 0.2) is 42.5 Å². The molecule has 0 saturated carbocycles. The Morgan fingerprint density at radius 1 is 1.10 bits per heavy atom. The maximum atomic E-state index is 13.0. The van der Waals surface area contributed by atoms with E-state index in [4.69, 9.17) is 10.5 Å². The zero-order valence-electron chi connectivity index (χ0n) is 11.8. The van der Waals surface area contributed by atoms with E-state index in [9.17, 15) is 4.39 Å². The van der Waals surface area contributed by atoms with Gasteiger partial charge in [-0.1, -0.05) is 24.3 Å². The lowest BCUT2D eigenvalue weighted by molar-refractivity contribution is 0.310. The molecule has 0 spiro atoms. The first-order chi connectivity index (χ1) is 9.60. The zero-order chi connectivity index (χ0) is 14.5. The highest BCUT2D eigenvalue weighted by Gasteiger charge is 2.08. The van der Waals surface area contributed by atoms with Gasteiger partial charge in [0, 0.05) is 24.3 Å². The quantitative estimate of drug-likeness (QED) is 0.852. The standard InChI is InChI=1S/C16H19FN2O/c1-19(10-12-7-8-14(17)9-15(12)18)11-13-5-3-4-6-16(13)20-2/h3-9H,10-11,18H2,1-2H3. The van der Waals surface area contributed by atoms with Crippen LogP contribution < -0.4 is 10.5 Å². The van der Waals surface area contributed by atoms with Crippen molar-refractivity contribution in [1.29, 1.82) is 0 Å². The predicted molar refractivity (Wildman–Crippen MR) is 79.0 cm³/mol. The van der Waals surface area contributed by atoms with Crippen molar-refractivity contribution in [3.05, 3.63) is 59.4 Å². The Morgan fingerprint density at radius 2 is 1.80 bits per heavy atom. The van der Waals surface area contributed by atoms with Gasteiger partial charge in [-0.2, -0.15) is 0 Å². The summed E-state index contributed by atoms with van der Waals surface area (Å²) < 4.78 is 18.4. The summed E-state index contributed by atoms with van der Waals surface area (Å²) in [6, 6.07) is 12.4. The van der Waals surface area contributed by atoms with Gasteiger partial charge in [-0.05, 0) is 30.8 Å². The van der Waals surface area contributed by atoms with Crippen LogP contribution >= 0.6 is 0 Å². The molecule has 0 aliphatic heterocycles. The summed E-state index contributed by atoms with van der Waals surface area (Å²) in [5.41, 5.74) is 8.34. The molecular weight excluding hydrogens is 255 g/mol. The van der Waals surface area contributed by atoms with E-state index in [1.54, 1.807) is 13.2 Å². The van der Waals surface area contributed by atoms with Crippen molar-refractivity contribution >= 4 is 5.69 Å². The van der Waals surface area contributed by atoms with Gasteiger partial charge < -0.3 is 10.5 Å². The van der Waals surface area contributed by atoms with Gasteiger partial charge in [0.05, 0.1) is 7.11 Å². The van der Waals surface area contributed by atoms with Crippen molar-refractivity contribution < 1.29 is 9.13 Å². The number of hydrogen-bond donors (Lipinski definition) is 1. The van der Waals surface area contributed by atoms with Crippen molar-refractivity contribution in [3.8, 4) is 5.75 Å². The molecule has 2 aromatic rings. The number of rotatable bonds is 5.